The summed E-state index contributed by atoms with van der Waals surface area (Å²) in [6.07, 6.45) is 3.94. The molecule has 0 spiro atoms. The van der Waals surface area contributed by atoms with Crippen molar-refractivity contribution in [3.8, 4) is 11.5 Å². The van der Waals surface area contributed by atoms with Crippen molar-refractivity contribution in [2.24, 2.45) is 0 Å². The number of hydrogen-bond acceptors (Lipinski definition) is 7. The van der Waals surface area contributed by atoms with Crippen LogP contribution in [0, 0.1) is 0 Å². The number of nitrogens with zero attached hydrogens (tertiary/aromatic N) is 3. The quantitative estimate of drug-likeness (QED) is 0.612. The molecule has 8 nitrogen and oxygen atoms in total. The number of rotatable bonds is 9. The van der Waals surface area contributed by atoms with Crippen LogP contribution in [0.4, 0.5) is 5.95 Å². The minimum atomic E-state index is -0.928. The highest BCUT2D eigenvalue weighted by atomic mass is 16.5. The summed E-state index contributed by atoms with van der Waals surface area (Å²) < 4.78 is 11.7. The number of hydrogen-bond donors (Lipinski definition) is 2. The molecule has 2 heterocycles. The van der Waals surface area contributed by atoms with Gasteiger partial charge in [-0.1, -0.05) is 0 Å². The lowest BCUT2D eigenvalue weighted by molar-refractivity contribution is -0.0550. The van der Waals surface area contributed by atoms with Crippen LogP contribution in [0.15, 0.2) is 30.6 Å². The normalized spacial score (nSPS) is 16.2. The van der Waals surface area contributed by atoms with E-state index in [0.717, 1.165) is 23.5 Å². The molecule has 2 aromatic rings. The molecule has 0 radical (unpaired) electrons. The van der Waals surface area contributed by atoms with Crippen LogP contribution >= 0.6 is 0 Å². The largest absolute Gasteiger partial charge is 0.491 e. The summed E-state index contributed by atoms with van der Waals surface area (Å²) in [4.78, 5) is 23.0. The number of likely N-dealkylation sites (tertiary alicyclic amines) is 1. The Kier molecular flexibility index (Phi) is 7.23. The molecule has 1 aromatic heterocycles. The van der Waals surface area contributed by atoms with Gasteiger partial charge in [-0.15, -0.1) is 0 Å². The van der Waals surface area contributed by atoms with Crippen molar-refractivity contribution >= 4 is 11.9 Å². The number of carbonyl (C=O) groups is 1. The van der Waals surface area contributed by atoms with E-state index in [-0.39, 0.29) is 24.2 Å². The Labute approximate surface area is 190 Å². The Hall–Kier alpha value is -2.87. The van der Waals surface area contributed by atoms with Crippen LogP contribution in [0.1, 0.15) is 63.9 Å². The van der Waals surface area contributed by atoms with Crippen LogP contribution in [0.25, 0.3) is 0 Å². The molecule has 1 saturated heterocycles. The van der Waals surface area contributed by atoms with Crippen molar-refractivity contribution in [1.82, 2.24) is 14.9 Å². The summed E-state index contributed by atoms with van der Waals surface area (Å²) in [6.45, 7) is 12.5. The summed E-state index contributed by atoms with van der Waals surface area (Å²) >= 11 is 0. The lowest BCUT2D eigenvalue weighted by Gasteiger charge is -2.47. The molecular weight excluding hydrogens is 408 g/mol. The van der Waals surface area contributed by atoms with Crippen LogP contribution in [0.3, 0.4) is 0 Å². The Balaban J connectivity index is 1.65. The number of benzene rings is 1. The molecule has 8 heteroatoms. The number of amides is 1. The van der Waals surface area contributed by atoms with Gasteiger partial charge in [0, 0.05) is 31.5 Å². The van der Waals surface area contributed by atoms with Gasteiger partial charge in [0.2, 0.25) is 5.95 Å². The average Bonchev–Trinajstić information content (AvgIpc) is 2.63. The lowest BCUT2D eigenvalue weighted by Crippen LogP contribution is -2.60. The predicted molar refractivity (Wildman–Crippen MR) is 123 cm³/mol. The Morgan fingerprint density at radius 1 is 1.12 bits per heavy atom. The molecule has 32 heavy (non-hydrogen) atoms. The van der Waals surface area contributed by atoms with E-state index in [1.54, 1.807) is 18.7 Å². The van der Waals surface area contributed by atoms with Crippen molar-refractivity contribution in [2.45, 2.75) is 78.4 Å². The van der Waals surface area contributed by atoms with Gasteiger partial charge in [-0.3, -0.25) is 4.79 Å². The fourth-order valence-electron chi connectivity index (χ4n) is 3.65. The predicted octanol–water partition coefficient (Wildman–Crippen LogP) is 3.65. The molecule has 174 valence electrons. The van der Waals surface area contributed by atoms with E-state index < -0.39 is 5.60 Å². The van der Waals surface area contributed by atoms with Gasteiger partial charge < -0.3 is 24.8 Å². The van der Waals surface area contributed by atoms with Gasteiger partial charge in [0.15, 0.2) is 0 Å². The molecule has 1 amide bonds. The average molecular weight is 443 g/mol. The first kappa shape index (κ1) is 23.8. The van der Waals surface area contributed by atoms with Crippen LogP contribution in [-0.2, 0) is 6.54 Å². The number of carbonyl (C=O) groups excluding carboxylic acids is 1. The van der Waals surface area contributed by atoms with Crippen molar-refractivity contribution in [2.75, 3.05) is 11.9 Å². The molecular formula is C24H34N4O4. The second kappa shape index (κ2) is 9.73. The van der Waals surface area contributed by atoms with Gasteiger partial charge in [-0.25, -0.2) is 9.97 Å². The van der Waals surface area contributed by atoms with E-state index in [0.29, 0.717) is 24.6 Å². The van der Waals surface area contributed by atoms with Crippen molar-refractivity contribution in [3.63, 3.8) is 0 Å². The maximum absolute atomic E-state index is 12.7. The molecule has 1 aliphatic rings. The molecule has 3 rings (SSSR count). The minimum Gasteiger partial charge on any atom is -0.491 e. The van der Waals surface area contributed by atoms with E-state index in [4.69, 9.17) is 9.47 Å². The summed E-state index contributed by atoms with van der Waals surface area (Å²) in [6, 6.07) is 5.62. The fourth-order valence-corrected chi connectivity index (χ4v) is 3.65. The molecule has 2 N–H and O–H groups in total. The van der Waals surface area contributed by atoms with Crippen LogP contribution in [-0.4, -0.2) is 56.3 Å². The van der Waals surface area contributed by atoms with Crippen molar-refractivity contribution in [3.05, 3.63) is 41.7 Å². The Morgan fingerprint density at radius 2 is 1.69 bits per heavy atom. The molecule has 0 bridgehead atoms. The first-order chi connectivity index (χ1) is 15.0. The summed E-state index contributed by atoms with van der Waals surface area (Å²) in [5, 5.41) is 13.4. The van der Waals surface area contributed by atoms with E-state index in [2.05, 4.69) is 15.3 Å². The van der Waals surface area contributed by atoms with Gasteiger partial charge in [-0.05, 0) is 65.7 Å². The Morgan fingerprint density at radius 3 is 2.12 bits per heavy atom. The molecule has 1 atom stereocenters. The second-order valence-corrected chi connectivity index (χ2v) is 9.25. The second-order valence-electron chi connectivity index (χ2n) is 9.25. The number of ether oxygens (including phenoxy) is 2. The van der Waals surface area contributed by atoms with Gasteiger partial charge in [-0.2, -0.15) is 0 Å². The molecule has 0 saturated carbocycles. The van der Waals surface area contributed by atoms with Crippen LogP contribution in [0.2, 0.25) is 0 Å². The number of anilines is 1. The number of aromatic nitrogens is 2. The third-order valence-electron chi connectivity index (χ3n) is 5.13. The maximum atomic E-state index is 12.7. The van der Waals surface area contributed by atoms with E-state index in [9.17, 15) is 9.90 Å². The minimum absolute atomic E-state index is 0.0564. The van der Waals surface area contributed by atoms with Gasteiger partial charge in [0.25, 0.3) is 5.91 Å². The topological polar surface area (TPSA) is 96.8 Å². The van der Waals surface area contributed by atoms with Crippen LogP contribution in [0.5, 0.6) is 11.5 Å². The molecule has 1 unspecified atom stereocenters. The molecule has 1 fully saturated rings. The van der Waals surface area contributed by atoms with Gasteiger partial charge in [0.1, 0.15) is 11.5 Å². The number of aliphatic hydroxyl groups is 1. The van der Waals surface area contributed by atoms with Gasteiger partial charge >= 0.3 is 0 Å². The van der Waals surface area contributed by atoms with E-state index in [1.807, 2.05) is 45.9 Å². The first-order valence-electron chi connectivity index (χ1n) is 11.1. The van der Waals surface area contributed by atoms with Gasteiger partial charge in [0.05, 0.1) is 29.4 Å². The third kappa shape index (κ3) is 6.09. The summed E-state index contributed by atoms with van der Waals surface area (Å²) in [7, 11) is 0. The number of nitrogens with one attached hydrogen (secondary N) is 1. The summed E-state index contributed by atoms with van der Waals surface area (Å²) in [5.41, 5.74) is 0.447. The summed E-state index contributed by atoms with van der Waals surface area (Å²) in [5.74, 6) is 1.75. The zero-order chi connectivity index (χ0) is 23.5. The van der Waals surface area contributed by atoms with E-state index >= 15 is 0 Å². The zero-order valence-corrected chi connectivity index (χ0v) is 19.8. The maximum Gasteiger partial charge on any atom is 0.257 e. The first-order valence-corrected chi connectivity index (χ1v) is 11.1. The van der Waals surface area contributed by atoms with E-state index in [1.165, 1.54) is 12.4 Å². The smallest absolute Gasteiger partial charge is 0.257 e. The van der Waals surface area contributed by atoms with Crippen molar-refractivity contribution < 1.29 is 19.4 Å². The highest BCUT2D eigenvalue weighted by Crippen LogP contribution is 2.29. The lowest BCUT2D eigenvalue weighted by atomic mass is 9.87. The zero-order valence-electron chi connectivity index (χ0n) is 19.8. The third-order valence-corrected chi connectivity index (χ3v) is 5.13. The molecule has 1 aromatic carbocycles. The SMILES string of the molecule is CC(C)Oc1cc(CNc2ncc(C(=O)N3CCC3C(C)(C)O)cn2)cc(OC(C)C)c1. The molecule has 1 aliphatic heterocycles. The Bertz CT molecular complexity index is 894. The monoisotopic (exact) mass is 442 g/mol. The fraction of sp³-hybridized carbons (Fsp3) is 0.542. The van der Waals surface area contributed by atoms with Crippen LogP contribution < -0.4 is 14.8 Å². The standard InChI is InChI=1S/C24H34N4O4/c1-15(2)31-19-9-17(10-20(11-19)32-16(3)4)12-25-23-26-13-18(14-27-23)22(29)28-8-7-21(28)24(5,6)30/h9-11,13-16,21,30H,7-8,12H2,1-6H3,(H,25,26,27). The highest BCUT2D eigenvalue weighted by molar-refractivity contribution is 5.94. The van der Waals surface area contributed by atoms with Crippen molar-refractivity contribution in [1.29, 1.82) is 0 Å². The highest BCUT2D eigenvalue weighted by Gasteiger charge is 2.42. The molecule has 0 aliphatic carbocycles.